The highest BCUT2D eigenvalue weighted by Crippen LogP contribution is 2.32. The third-order valence-electron chi connectivity index (χ3n) is 4.71. The normalized spacial score (nSPS) is 16.6. The van der Waals surface area contributed by atoms with Gasteiger partial charge >= 0.3 is 0 Å². The average molecular weight is 391 g/mol. The van der Waals surface area contributed by atoms with Gasteiger partial charge in [0.15, 0.2) is 0 Å². The molecule has 7 nitrogen and oxygen atoms in total. The molecule has 1 atom stereocenters. The van der Waals surface area contributed by atoms with Gasteiger partial charge in [0.1, 0.15) is 11.6 Å². The molecule has 1 saturated heterocycles. The third kappa shape index (κ3) is 4.24. The van der Waals surface area contributed by atoms with Crippen LogP contribution in [0.25, 0.3) is 0 Å². The second kappa shape index (κ2) is 8.43. The molecule has 2 heterocycles. The number of imidazole rings is 1. The molecule has 3 rings (SSSR count). The van der Waals surface area contributed by atoms with Crippen LogP contribution in [0.1, 0.15) is 19.2 Å². The number of rotatable bonds is 7. The zero-order chi connectivity index (χ0) is 19.4. The number of carbonyl (C=O) groups is 2. The predicted molar refractivity (Wildman–Crippen MR) is 103 cm³/mol. The first kappa shape index (κ1) is 19.2. The minimum atomic E-state index is -0.369. The molecule has 0 bridgehead atoms. The zero-order valence-corrected chi connectivity index (χ0v) is 16.2. The first-order valence-electron chi connectivity index (χ1n) is 8.95. The smallest absolute Gasteiger partial charge is 0.227 e. The highest BCUT2D eigenvalue weighted by Gasteiger charge is 2.35. The van der Waals surface area contributed by atoms with Crippen molar-refractivity contribution in [3.63, 3.8) is 0 Å². The van der Waals surface area contributed by atoms with E-state index in [0.29, 0.717) is 36.1 Å². The van der Waals surface area contributed by atoms with E-state index in [1.54, 1.807) is 29.3 Å². The zero-order valence-electron chi connectivity index (χ0n) is 15.4. The van der Waals surface area contributed by atoms with Crippen LogP contribution in [0.4, 0.5) is 5.69 Å². The summed E-state index contributed by atoms with van der Waals surface area (Å²) in [5.74, 6) is 0.977. The van der Waals surface area contributed by atoms with Crippen LogP contribution in [0.3, 0.4) is 0 Å². The van der Waals surface area contributed by atoms with Crippen molar-refractivity contribution in [1.29, 1.82) is 0 Å². The van der Waals surface area contributed by atoms with Gasteiger partial charge in [-0.2, -0.15) is 0 Å². The van der Waals surface area contributed by atoms with E-state index in [-0.39, 0.29) is 24.2 Å². The number of nitrogens with zero attached hydrogens (tertiary/aromatic N) is 3. The minimum absolute atomic E-state index is 0.0840. The van der Waals surface area contributed by atoms with E-state index in [0.717, 1.165) is 12.2 Å². The van der Waals surface area contributed by atoms with E-state index in [1.807, 2.05) is 17.7 Å². The van der Waals surface area contributed by atoms with Gasteiger partial charge in [0.25, 0.3) is 0 Å². The molecule has 0 spiro atoms. The van der Waals surface area contributed by atoms with Crippen molar-refractivity contribution in [2.75, 3.05) is 25.1 Å². The summed E-state index contributed by atoms with van der Waals surface area (Å²) in [6, 6.07) is 5.17. The van der Waals surface area contributed by atoms with Crippen LogP contribution in [-0.2, 0) is 22.6 Å². The Bertz CT molecular complexity index is 836. The van der Waals surface area contributed by atoms with Crippen LogP contribution in [0.5, 0.6) is 5.75 Å². The molecule has 1 aliphatic rings. The molecule has 144 valence electrons. The second-order valence-electron chi connectivity index (χ2n) is 6.41. The summed E-state index contributed by atoms with van der Waals surface area (Å²) in [5, 5.41) is 3.36. The first-order valence-corrected chi connectivity index (χ1v) is 9.33. The number of halogens is 1. The van der Waals surface area contributed by atoms with Crippen LogP contribution in [0.15, 0.2) is 30.6 Å². The lowest BCUT2D eigenvalue weighted by atomic mass is 10.1. The monoisotopic (exact) mass is 390 g/mol. The fraction of sp³-hybridized carbons (Fsp3) is 0.421. The number of benzene rings is 1. The molecule has 1 N–H and O–H groups in total. The molecule has 0 unspecified atom stereocenters. The Hall–Kier alpha value is -2.54. The summed E-state index contributed by atoms with van der Waals surface area (Å²) in [6.07, 6.45) is 4.70. The Morgan fingerprint density at radius 1 is 1.44 bits per heavy atom. The van der Waals surface area contributed by atoms with Crippen molar-refractivity contribution in [3.8, 4) is 5.75 Å². The molecule has 2 aromatic rings. The molecular weight excluding hydrogens is 368 g/mol. The quantitative estimate of drug-likeness (QED) is 0.786. The van der Waals surface area contributed by atoms with Gasteiger partial charge in [0.2, 0.25) is 11.8 Å². The molecule has 0 radical (unpaired) electrons. The van der Waals surface area contributed by atoms with E-state index in [1.165, 1.54) is 7.11 Å². The highest BCUT2D eigenvalue weighted by molar-refractivity contribution is 6.32. The van der Waals surface area contributed by atoms with Gasteiger partial charge in [-0.05, 0) is 18.2 Å². The number of amides is 2. The van der Waals surface area contributed by atoms with Crippen LogP contribution in [-0.4, -0.2) is 41.6 Å². The summed E-state index contributed by atoms with van der Waals surface area (Å²) in [5.41, 5.74) is 0.673. The molecule has 1 aromatic carbocycles. The number of nitrogens with one attached hydrogen (secondary N) is 1. The van der Waals surface area contributed by atoms with Crippen LogP contribution < -0.4 is 15.0 Å². The lowest BCUT2D eigenvalue weighted by Gasteiger charge is -2.18. The van der Waals surface area contributed by atoms with Gasteiger partial charge < -0.3 is 19.5 Å². The Labute approximate surface area is 163 Å². The van der Waals surface area contributed by atoms with Crippen LogP contribution in [0.2, 0.25) is 5.02 Å². The van der Waals surface area contributed by atoms with Gasteiger partial charge in [0.05, 0.1) is 18.1 Å². The van der Waals surface area contributed by atoms with E-state index >= 15 is 0 Å². The largest absolute Gasteiger partial charge is 0.495 e. The van der Waals surface area contributed by atoms with Gasteiger partial charge in [-0.25, -0.2) is 4.98 Å². The third-order valence-corrected chi connectivity index (χ3v) is 5.01. The lowest BCUT2D eigenvalue weighted by Crippen LogP contribution is -2.34. The first-order chi connectivity index (χ1) is 13.0. The number of aromatic nitrogens is 2. The molecule has 27 heavy (non-hydrogen) atoms. The number of carbonyl (C=O) groups excluding carboxylic acids is 2. The summed E-state index contributed by atoms with van der Waals surface area (Å²) >= 11 is 6.15. The molecule has 0 aliphatic carbocycles. The van der Waals surface area contributed by atoms with Gasteiger partial charge in [-0.1, -0.05) is 18.5 Å². The van der Waals surface area contributed by atoms with Crippen molar-refractivity contribution in [3.05, 3.63) is 41.4 Å². The molecule has 0 saturated carbocycles. The maximum atomic E-state index is 12.5. The Morgan fingerprint density at radius 2 is 2.26 bits per heavy atom. The molecule has 1 aliphatic heterocycles. The number of methoxy groups -OCH3 is 1. The summed E-state index contributed by atoms with van der Waals surface area (Å²) < 4.78 is 7.15. The summed E-state index contributed by atoms with van der Waals surface area (Å²) in [7, 11) is 1.54. The Kier molecular flexibility index (Phi) is 6.01. The van der Waals surface area contributed by atoms with Gasteiger partial charge in [-0.15, -0.1) is 0 Å². The van der Waals surface area contributed by atoms with E-state index in [4.69, 9.17) is 16.3 Å². The number of aryl methyl sites for hydroxylation is 1. The highest BCUT2D eigenvalue weighted by atomic mass is 35.5. The number of hydrogen-bond acceptors (Lipinski definition) is 4. The summed E-state index contributed by atoms with van der Waals surface area (Å²) in [4.78, 5) is 30.7. The molecule has 1 fully saturated rings. The van der Waals surface area contributed by atoms with Gasteiger partial charge in [0, 0.05) is 50.6 Å². The standard InChI is InChI=1S/C19H23ClN4O3/c1-3-17-21-6-8-23(17)9-7-22-19(26)13-10-18(25)24(12-13)14-4-5-16(27-2)15(20)11-14/h4-6,8,11,13H,3,7,9-10,12H2,1-2H3,(H,22,26)/t13-/m0/s1. The van der Waals surface area contributed by atoms with Crippen molar-refractivity contribution < 1.29 is 14.3 Å². The SMILES string of the molecule is CCc1nccn1CCNC(=O)[C@H]1CC(=O)N(c2ccc(OC)c(Cl)c2)C1. The topological polar surface area (TPSA) is 76.5 Å². The lowest BCUT2D eigenvalue weighted by molar-refractivity contribution is -0.126. The average Bonchev–Trinajstić information content (AvgIpc) is 3.27. The van der Waals surface area contributed by atoms with E-state index in [2.05, 4.69) is 10.3 Å². The molecule has 1 aromatic heterocycles. The van der Waals surface area contributed by atoms with Crippen molar-refractivity contribution in [2.24, 2.45) is 5.92 Å². The minimum Gasteiger partial charge on any atom is -0.495 e. The number of hydrogen-bond donors (Lipinski definition) is 1. The Morgan fingerprint density at radius 3 is 2.96 bits per heavy atom. The molecular formula is C19H23ClN4O3. The summed E-state index contributed by atoms with van der Waals surface area (Å²) in [6.45, 7) is 3.55. The molecule has 8 heteroatoms. The maximum absolute atomic E-state index is 12.5. The van der Waals surface area contributed by atoms with Crippen LogP contribution >= 0.6 is 11.6 Å². The van der Waals surface area contributed by atoms with Crippen LogP contribution in [0, 0.1) is 5.92 Å². The molecule has 2 amide bonds. The van der Waals surface area contributed by atoms with Crippen molar-refractivity contribution in [2.45, 2.75) is 26.3 Å². The van der Waals surface area contributed by atoms with Gasteiger partial charge in [-0.3, -0.25) is 9.59 Å². The number of ether oxygens (including phenoxy) is 1. The van der Waals surface area contributed by atoms with E-state index < -0.39 is 0 Å². The van der Waals surface area contributed by atoms with Crippen molar-refractivity contribution in [1.82, 2.24) is 14.9 Å². The number of anilines is 1. The van der Waals surface area contributed by atoms with Crippen molar-refractivity contribution >= 4 is 29.1 Å². The second-order valence-corrected chi connectivity index (χ2v) is 6.81. The van der Waals surface area contributed by atoms with E-state index in [9.17, 15) is 9.59 Å². The predicted octanol–water partition coefficient (Wildman–Crippen LogP) is 2.28. The Balaban J connectivity index is 1.56. The maximum Gasteiger partial charge on any atom is 0.227 e. The fourth-order valence-corrected chi connectivity index (χ4v) is 3.51. The fourth-order valence-electron chi connectivity index (χ4n) is 3.26.